The number of hydrazone groups is 1. The summed E-state index contributed by atoms with van der Waals surface area (Å²) in [5.41, 5.74) is 2.93. The molecule has 3 rings (SSSR count). The first-order valence-electron chi connectivity index (χ1n) is 10.5. The molecule has 0 saturated carbocycles. The molecule has 0 saturated heterocycles. The van der Waals surface area contributed by atoms with Gasteiger partial charge in [-0.3, -0.25) is 4.79 Å². The first kappa shape index (κ1) is 26.3. The van der Waals surface area contributed by atoms with E-state index in [1.165, 1.54) is 29.7 Å². The fraction of sp³-hybridized carbons (Fsp3) is 0.261. The van der Waals surface area contributed by atoms with Crippen molar-refractivity contribution in [1.29, 1.82) is 0 Å². The van der Waals surface area contributed by atoms with Gasteiger partial charge in [0.2, 0.25) is 5.91 Å². The lowest BCUT2D eigenvalue weighted by Gasteiger charge is -2.13. The normalized spacial score (nSPS) is 11.5. The van der Waals surface area contributed by atoms with Gasteiger partial charge >= 0.3 is 6.18 Å². The summed E-state index contributed by atoms with van der Waals surface area (Å²) in [5, 5.41) is 9.12. The van der Waals surface area contributed by atoms with E-state index in [0.717, 1.165) is 12.1 Å². The van der Waals surface area contributed by atoms with E-state index in [2.05, 4.69) is 20.8 Å². The van der Waals surface area contributed by atoms with Crippen LogP contribution in [0.3, 0.4) is 0 Å². The number of carbonyl (C=O) groups excluding carboxylic acids is 1. The van der Waals surface area contributed by atoms with Crippen LogP contribution >= 0.6 is 22.9 Å². The van der Waals surface area contributed by atoms with Crippen molar-refractivity contribution < 1.29 is 27.4 Å². The maximum Gasteiger partial charge on any atom is 0.416 e. The summed E-state index contributed by atoms with van der Waals surface area (Å²) in [6.07, 6.45) is -3.08. The van der Waals surface area contributed by atoms with Crippen LogP contribution in [0.15, 0.2) is 46.9 Å². The van der Waals surface area contributed by atoms with Crippen LogP contribution in [0.5, 0.6) is 11.5 Å². The van der Waals surface area contributed by atoms with E-state index in [4.69, 9.17) is 21.1 Å². The van der Waals surface area contributed by atoms with Gasteiger partial charge in [0.05, 0.1) is 42.1 Å². The molecule has 1 aromatic heterocycles. The highest BCUT2D eigenvalue weighted by molar-refractivity contribution is 7.13. The monoisotopic (exact) mass is 526 g/mol. The Morgan fingerprint density at radius 3 is 2.69 bits per heavy atom. The van der Waals surface area contributed by atoms with Crippen molar-refractivity contribution in [3.05, 3.63) is 63.6 Å². The van der Waals surface area contributed by atoms with Crippen LogP contribution in [0.1, 0.15) is 30.7 Å². The standard InChI is InChI=1S/C23H22ClF3N4O3S/c1-3-33-19-9-14(8-18(24)21(19)34-4-2)12-28-31-20(32)11-17-13-35-22(30-17)29-16-7-5-6-15(10-16)23(25,26)27/h5-10,12-13H,3-4,11H2,1-2H3,(H,29,30)(H,31,32)/b28-12-. The molecule has 1 amide bonds. The third kappa shape index (κ3) is 7.59. The molecular weight excluding hydrogens is 505 g/mol. The zero-order chi connectivity index (χ0) is 25.4. The molecular formula is C23H22ClF3N4O3S. The summed E-state index contributed by atoms with van der Waals surface area (Å²) >= 11 is 7.44. The van der Waals surface area contributed by atoms with Crippen molar-refractivity contribution in [3.63, 3.8) is 0 Å². The summed E-state index contributed by atoms with van der Waals surface area (Å²) in [4.78, 5) is 16.5. The van der Waals surface area contributed by atoms with Crippen molar-refractivity contribution in [2.45, 2.75) is 26.4 Å². The van der Waals surface area contributed by atoms with Crippen LogP contribution in [0.25, 0.3) is 0 Å². The Labute approximate surface area is 208 Å². The van der Waals surface area contributed by atoms with Gasteiger partial charge in [0.1, 0.15) is 0 Å². The molecule has 186 valence electrons. The summed E-state index contributed by atoms with van der Waals surface area (Å²) in [6.45, 7) is 4.52. The fourth-order valence-corrected chi connectivity index (χ4v) is 3.94. The highest BCUT2D eigenvalue weighted by Gasteiger charge is 2.30. The lowest BCUT2D eigenvalue weighted by atomic mass is 10.2. The molecule has 0 aliphatic rings. The van der Waals surface area contributed by atoms with Crippen molar-refractivity contribution >= 4 is 45.9 Å². The molecule has 7 nitrogen and oxygen atoms in total. The highest BCUT2D eigenvalue weighted by atomic mass is 35.5. The lowest BCUT2D eigenvalue weighted by molar-refractivity contribution is -0.137. The number of aromatic nitrogens is 1. The number of halogens is 4. The first-order chi connectivity index (χ1) is 16.7. The number of hydrogen-bond donors (Lipinski definition) is 2. The number of nitrogens with one attached hydrogen (secondary N) is 2. The van der Waals surface area contributed by atoms with E-state index in [1.54, 1.807) is 17.5 Å². The number of nitrogens with zero attached hydrogens (tertiary/aromatic N) is 2. The Balaban J connectivity index is 1.58. The van der Waals surface area contributed by atoms with Crippen LogP contribution in [0, 0.1) is 0 Å². The molecule has 12 heteroatoms. The Kier molecular flexibility index (Phi) is 8.94. The number of amides is 1. The van der Waals surface area contributed by atoms with Gasteiger partial charge in [0.15, 0.2) is 16.6 Å². The number of anilines is 2. The average Bonchev–Trinajstić information content (AvgIpc) is 3.22. The zero-order valence-electron chi connectivity index (χ0n) is 18.8. The Morgan fingerprint density at radius 2 is 1.97 bits per heavy atom. The van der Waals surface area contributed by atoms with Crippen molar-refractivity contribution in [1.82, 2.24) is 10.4 Å². The van der Waals surface area contributed by atoms with Crippen LogP contribution in [0.4, 0.5) is 24.0 Å². The molecule has 0 spiro atoms. The number of alkyl halides is 3. The molecule has 2 N–H and O–H groups in total. The minimum absolute atomic E-state index is 0.0632. The van der Waals surface area contributed by atoms with Gasteiger partial charge in [0, 0.05) is 11.1 Å². The number of hydrogen-bond acceptors (Lipinski definition) is 7. The van der Waals surface area contributed by atoms with Crippen molar-refractivity contribution in [2.24, 2.45) is 5.10 Å². The molecule has 35 heavy (non-hydrogen) atoms. The largest absolute Gasteiger partial charge is 0.490 e. The topological polar surface area (TPSA) is 84.8 Å². The average molecular weight is 527 g/mol. The Bertz CT molecular complexity index is 1200. The van der Waals surface area contributed by atoms with Gasteiger partial charge in [-0.2, -0.15) is 18.3 Å². The zero-order valence-corrected chi connectivity index (χ0v) is 20.4. The SMILES string of the molecule is CCOc1cc(/C=N\NC(=O)Cc2csc(Nc3cccc(C(F)(F)F)c3)n2)cc(Cl)c1OCC. The highest BCUT2D eigenvalue weighted by Crippen LogP contribution is 2.36. The van der Waals surface area contributed by atoms with Crippen LogP contribution < -0.4 is 20.2 Å². The summed E-state index contributed by atoms with van der Waals surface area (Å²) in [5.74, 6) is 0.493. The van der Waals surface area contributed by atoms with Gasteiger partial charge in [-0.05, 0) is 49.7 Å². The second kappa shape index (κ2) is 11.9. The molecule has 0 unspecified atom stereocenters. The minimum atomic E-state index is -4.44. The minimum Gasteiger partial charge on any atom is -0.490 e. The number of thiazole rings is 1. The first-order valence-corrected chi connectivity index (χ1v) is 11.7. The number of rotatable bonds is 10. The molecule has 0 aliphatic carbocycles. The third-order valence-electron chi connectivity index (χ3n) is 4.36. The van der Waals surface area contributed by atoms with Gasteiger partial charge in [-0.25, -0.2) is 10.4 Å². The predicted octanol–water partition coefficient (Wildman–Crippen LogP) is 6.05. The predicted molar refractivity (Wildman–Crippen MR) is 130 cm³/mol. The van der Waals surface area contributed by atoms with E-state index in [1.807, 2.05) is 13.8 Å². The molecule has 3 aromatic rings. The summed E-state index contributed by atoms with van der Waals surface area (Å²) in [7, 11) is 0. The third-order valence-corrected chi connectivity index (χ3v) is 5.45. The Hall–Kier alpha value is -3.31. The molecule has 0 bridgehead atoms. The van der Waals surface area contributed by atoms with E-state index >= 15 is 0 Å². The molecule has 0 atom stereocenters. The molecule has 0 radical (unpaired) electrons. The smallest absolute Gasteiger partial charge is 0.416 e. The Morgan fingerprint density at radius 1 is 1.20 bits per heavy atom. The van der Waals surface area contributed by atoms with E-state index < -0.39 is 17.6 Å². The molecule has 2 aromatic carbocycles. The van der Waals surface area contributed by atoms with Gasteiger partial charge in [-0.1, -0.05) is 17.7 Å². The summed E-state index contributed by atoms with van der Waals surface area (Å²) in [6, 6.07) is 8.12. The van der Waals surface area contributed by atoms with Gasteiger partial charge in [0.25, 0.3) is 0 Å². The summed E-state index contributed by atoms with van der Waals surface area (Å²) < 4.78 is 49.7. The molecule has 0 aliphatic heterocycles. The quantitative estimate of drug-likeness (QED) is 0.248. The van der Waals surface area contributed by atoms with E-state index in [9.17, 15) is 18.0 Å². The molecule has 1 heterocycles. The van der Waals surface area contributed by atoms with Gasteiger partial charge < -0.3 is 14.8 Å². The van der Waals surface area contributed by atoms with Crippen LogP contribution in [-0.4, -0.2) is 30.3 Å². The second-order valence-electron chi connectivity index (χ2n) is 7.01. The van der Waals surface area contributed by atoms with E-state index in [-0.39, 0.29) is 12.1 Å². The fourth-order valence-electron chi connectivity index (χ4n) is 2.93. The second-order valence-corrected chi connectivity index (χ2v) is 8.28. The van der Waals surface area contributed by atoms with Gasteiger partial charge in [-0.15, -0.1) is 11.3 Å². The maximum absolute atomic E-state index is 12.9. The van der Waals surface area contributed by atoms with E-state index in [0.29, 0.717) is 46.1 Å². The van der Waals surface area contributed by atoms with Crippen molar-refractivity contribution in [2.75, 3.05) is 18.5 Å². The number of benzene rings is 2. The maximum atomic E-state index is 12.9. The van der Waals surface area contributed by atoms with Crippen LogP contribution in [0.2, 0.25) is 5.02 Å². The van der Waals surface area contributed by atoms with Crippen LogP contribution in [-0.2, 0) is 17.4 Å². The van der Waals surface area contributed by atoms with Crippen molar-refractivity contribution in [3.8, 4) is 11.5 Å². The molecule has 0 fully saturated rings. The lowest BCUT2D eigenvalue weighted by Crippen LogP contribution is -2.20. The number of ether oxygens (including phenoxy) is 2. The number of carbonyl (C=O) groups is 1.